The van der Waals surface area contributed by atoms with Crippen molar-refractivity contribution in [3.63, 3.8) is 0 Å². The molecule has 0 heterocycles. The summed E-state index contributed by atoms with van der Waals surface area (Å²) in [6.45, 7) is 0. The largest absolute Gasteiger partial charge is 0.524 e. The van der Waals surface area contributed by atoms with Crippen molar-refractivity contribution < 1.29 is 25.0 Å². The predicted molar refractivity (Wildman–Crippen MR) is 60.9 cm³/mol. The topological polar surface area (TPSA) is 101 Å². The number of benzene rings is 1. The molecule has 0 aliphatic carbocycles. The molecule has 0 aromatic heterocycles. The monoisotopic (exact) mass is 410 g/mol. The number of phosphoric ester groups is 1. The van der Waals surface area contributed by atoms with Gasteiger partial charge in [0, 0.05) is 4.47 Å². The van der Waals surface area contributed by atoms with Crippen LogP contribution < -0.4 is 4.52 Å². The number of hydrogen-bond acceptors (Lipinski definition) is 4. The normalized spacial score (nSPS) is 11.7. The molecular formula is C6H5BrIO6P. The third kappa shape index (κ3) is 4.15. The van der Waals surface area contributed by atoms with Gasteiger partial charge in [-0.1, -0.05) is 15.9 Å². The molecule has 0 saturated carbocycles. The molecule has 0 amide bonds. The van der Waals surface area contributed by atoms with Gasteiger partial charge in [-0.25, -0.2) is 10.7 Å². The van der Waals surface area contributed by atoms with Crippen LogP contribution in [0.2, 0.25) is 0 Å². The second-order valence-corrected chi connectivity index (χ2v) is 6.86. The van der Waals surface area contributed by atoms with Crippen LogP contribution in [0.25, 0.3) is 0 Å². The maximum absolute atomic E-state index is 10.8. The summed E-state index contributed by atoms with van der Waals surface area (Å²) in [6.07, 6.45) is 0. The summed E-state index contributed by atoms with van der Waals surface area (Å²) in [5.41, 5.74) is 0. The van der Waals surface area contributed by atoms with E-state index in [2.05, 4.69) is 20.5 Å². The summed E-state index contributed by atoms with van der Waals surface area (Å²) in [5.74, 6) is -0.340. The van der Waals surface area contributed by atoms with Gasteiger partial charge in [-0.3, -0.25) is 9.79 Å². The lowest BCUT2D eigenvalue weighted by atomic mass is 10.3. The highest BCUT2D eigenvalue weighted by molar-refractivity contribution is 14.2. The minimum Gasteiger partial charge on any atom is -0.403 e. The van der Waals surface area contributed by atoms with E-state index >= 15 is 0 Å². The summed E-state index contributed by atoms with van der Waals surface area (Å²) in [6, 6.07) is 3.86. The van der Waals surface area contributed by atoms with Crippen molar-refractivity contribution in [1.82, 2.24) is 0 Å². The maximum Gasteiger partial charge on any atom is 0.524 e. The molecule has 0 saturated heterocycles. The summed E-state index contributed by atoms with van der Waals surface area (Å²) in [4.78, 5) is 17.1. The van der Waals surface area contributed by atoms with E-state index < -0.39 is 27.6 Å². The molecule has 0 aliphatic heterocycles. The quantitative estimate of drug-likeness (QED) is 0.585. The molecule has 6 nitrogen and oxygen atoms in total. The number of halogens is 2. The van der Waals surface area contributed by atoms with E-state index in [0.29, 0.717) is 4.47 Å². The minimum absolute atomic E-state index is 0.189. The van der Waals surface area contributed by atoms with Crippen molar-refractivity contribution in [3.8, 4) is 5.75 Å². The Balaban J connectivity index is 3.25. The highest BCUT2D eigenvalue weighted by Gasteiger charge is 2.20. The standard InChI is InChI=1S/C6H5BrIO6P/c7-4-1-2-5(8(9)10)6(3-4)14-15(11,12)13/h1-3H,(H2,11,12,13). The van der Waals surface area contributed by atoms with Gasteiger partial charge in [-0.15, -0.1) is 0 Å². The first-order valence-electron chi connectivity index (χ1n) is 3.39. The predicted octanol–water partition coefficient (Wildman–Crippen LogP) is 2.29. The lowest BCUT2D eigenvalue weighted by Crippen LogP contribution is -1.92. The third-order valence-electron chi connectivity index (χ3n) is 1.28. The fourth-order valence-corrected chi connectivity index (χ4v) is 2.90. The summed E-state index contributed by atoms with van der Waals surface area (Å²) < 4.78 is 36.7. The smallest absolute Gasteiger partial charge is 0.403 e. The van der Waals surface area contributed by atoms with Crippen molar-refractivity contribution in [2.45, 2.75) is 0 Å². The van der Waals surface area contributed by atoms with Crippen molar-refractivity contribution in [3.05, 3.63) is 26.2 Å². The molecule has 0 bridgehead atoms. The maximum atomic E-state index is 10.8. The lowest BCUT2D eigenvalue weighted by molar-refractivity contribution is 0.282. The fourth-order valence-electron chi connectivity index (χ4n) is 0.803. The molecule has 9 heteroatoms. The Kier molecular flexibility index (Phi) is 4.24. The molecule has 0 spiro atoms. The second kappa shape index (κ2) is 4.88. The minimum atomic E-state index is -4.75. The van der Waals surface area contributed by atoms with E-state index in [1.165, 1.54) is 18.2 Å². The van der Waals surface area contributed by atoms with Gasteiger partial charge < -0.3 is 4.52 Å². The van der Waals surface area contributed by atoms with E-state index in [1.807, 2.05) is 0 Å². The van der Waals surface area contributed by atoms with Crippen LogP contribution in [0, 0.1) is 3.57 Å². The van der Waals surface area contributed by atoms with Gasteiger partial charge >= 0.3 is 27.6 Å². The van der Waals surface area contributed by atoms with E-state index in [0.717, 1.165) is 0 Å². The van der Waals surface area contributed by atoms with Crippen LogP contribution in [0.15, 0.2) is 22.7 Å². The van der Waals surface area contributed by atoms with Gasteiger partial charge in [0.15, 0.2) is 5.75 Å². The van der Waals surface area contributed by atoms with Crippen LogP contribution in [0.5, 0.6) is 5.75 Å². The lowest BCUT2D eigenvalue weighted by Gasteiger charge is -2.08. The Labute approximate surface area is 100 Å². The Bertz CT molecular complexity index is 484. The van der Waals surface area contributed by atoms with Crippen molar-refractivity contribution >= 4 is 43.5 Å². The molecule has 0 atom stereocenters. The first kappa shape index (κ1) is 13.0. The van der Waals surface area contributed by atoms with Gasteiger partial charge in [0.05, 0.1) is 0 Å². The average molecular weight is 411 g/mol. The van der Waals surface area contributed by atoms with Crippen molar-refractivity contribution in [2.24, 2.45) is 0 Å². The average Bonchev–Trinajstić information content (AvgIpc) is 1.99. The number of phosphoric acid groups is 1. The Morgan fingerprint density at radius 3 is 2.40 bits per heavy atom. The van der Waals surface area contributed by atoms with Crippen LogP contribution in [0.4, 0.5) is 0 Å². The zero-order chi connectivity index (χ0) is 11.6. The summed E-state index contributed by atoms with van der Waals surface area (Å²) in [7, 11) is -4.75. The molecule has 1 aromatic carbocycles. The van der Waals surface area contributed by atoms with E-state index in [9.17, 15) is 10.7 Å². The van der Waals surface area contributed by atoms with Crippen molar-refractivity contribution in [1.29, 1.82) is 0 Å². The van der Waals surface area contributed by atoms with Gasteiger partial charge in [-0.05, 0) is 18.2 Å². The molecule has 1 rings (SSSR count). The van der Waals surface area contributed by atoms with Gasteiger partial charge in [0.1, 0.15) is 3.57 Å². The van der Waals surface area contributed by atoms with Crippen LogP contribution in [0.3, 0.4) is 0 Å². The Morgan fingerprint density at radius 1 is 1.33 bits per heavy atom. The summed E-state index contributed by atoms with van der Waals surface area (Å²) >= 11 is -0.801. The van der Waals surface area contributed by atoms with Gasteiger partial charge in [0.2, 0.25) is 0 Å². The fraction of sp³-hybridized carbons (Fsp3) is 0. The molecule has 0 fully saturated rings. The molecule has 0 unspecified atom stereocenters. The number of hydrogen-bond donors (Lipinski definition) is 2. The second-order valence-electron chi connectivity index (χ2n) is 2.37. The molecule has 2 N–H and O–H groups in total. The van der Waals surface area contributed by atoms with E-state index in [-0.39, 0.29) is 9.32 Å². The molecule has 1 aromatic rings. The number of rotatable bonds is 3. The zero-order valence-corrected chi connectivity index (χ0v) is 11.6. The van der Waals surface area contributed by atoms with E-state index in [1.54, 1.807) is 0 Å². The Morgan fingerprint density at radius 2 is 1.93 bits per heavy atom. The molecule has 84 valence electrons. The highest BCUT2D eigenvalue weighted by atomic mass is 127. The molecular weight excluding hydrogens is 406 g/mol. The van der Waals surface area contributed by atoms with Crippen LogP contribution in [-0.4, -0.2) is 9.79 Å². The SMILES string of the molecule is O=I(=O)c1ccc(Br)cc1OP(=O)(O)O. The highest BCUT2D eigenvalue weighted by Crippen LogP contribution is 2.42. The molecule has 15 heavy (non-hydrogen) atoms. The van der Waals surface area contributed by atoms with Crippen LogP contribution in [0.1, 0.15) is 0 Å². The van der Waals surface area contributed by atoms with Gasteiger partial charge in [0.25, 0.3) is 0 Å². The first-order valence-corrected chi connectivity index (χ1v) is 8.56. The molecule has 0 aliphatic rings. The van der Waals surface area contributed by atoms with Gasteiger partial charge in [-0.2, -0.15) is 0 Å². The Hall–Kier alpha value is -0.0200. The van der Waals surface area contributed by atoms with Crippen molar-refractivity contribution in [2.75, 3.05) is 0 Å². The van der Waals surface area contributed by atoms with E-state index in [4.69, 9.17) is 9.79 Å². The zero-order valence-electron chi connectivity index (χ0n) is 6.96. The molecule has 0 radical (unpaired) electrons. The third-order valence-corrected chi connectivity index (χ3v) is 4.04. The van der Waals surface area contributed by atoms with Crippen LogP contribution in [-0.2, 0) is 10.7 Å². The first-order chi connectivity index (χ1) is 6.79. The van der Waals surface area contributed by atoms with Crippen LogP contribution >= 0.6 is 43.5 Å². The summed E-state index contributed by atoms with van der Waals surface area (Å²) in [5, 5.41) is 0.